The molecule has 0 amide bonds. The fourth-order valence-corrected chi connectivity index (χ4v) is 1.25. The van der Waals surface area contributed by atoms with Crippen molar-refractivity contribution in [1.29, 1.82) is 0 Å². The Balaban J connectivity index is 2.37. The van der Waals surface area contributed by atoms with Gasteiger partial charge in [-0.3, -0.25) is 9.59 Å². The molecule has 0 fully saturated rings. The molecule has 2 aromatic heterocycles. The minimum atomic E-state index is -1.22. The van der Waals surface area contributed by atoms with Gasteiger partial charge in [0, 0.05) is 6.42 Å². The molecule has 17 heavy (non-hydrogen) atoms. The molecule has 1 atom stereocenters. The molecule has 0 aromatic carbocycles. The van der Waals surface area contributed by atoms with Gasteiger partial charge in [-0.2, -0.15) is 10.4 Å². The van der Waals surface area contributed by atoms with Crippen LogP contribution in [0.5, 0.6) is 0 Å². The predicted octanol–water partition coefficient (Wildman–Crippen LogP) is -1.90. The van der Waals surface area contributed by atoms with Crippen LogP contribution in [0.15, 0.2) is 9.32 Å². The van der Waals surface area contributed by atoms with Gasteiger partial charge < -0.3 is 15.4 Å². The number of carboxylic acids is 1. The molecule has 0 bridgehead atoms. The van der Waals surface area contributed by atoms with E-state index in [0.29, 0.717) is 0 Å². The maximum Gasteiger partial charge on any atom is 0.320 e. The maximum absolute atomic E-state index is 11.4. The fourth-order valence-electron chi connectivity index (χ4n) is 1.25. The number of H-pyrrole nitrogens is 2. The van der Waals surface area contributed by atoms with E-state index >= 15 is 0 Å². The normalized spacial score (nSPS) is 12.5. The van der Waals surface area contributed by atoms with Crippen LogP contribution < -0.4 is 11.3 Å². The van der Waals surface area contributed by atoms with Crippen LogP contribution in [0.25, 0.3) is 11.6 Å². The molecule has 2 heterocycles. The molecule has 5 N–H and O–H groups in total. The summed E-state index contributed by atoms with van der Waals surface area (Å²) in [5.41, 5.74) is 4.84. The van der Waals surface area contributed by atoms with Gasteiger partial charge in [-0.05, 0) is 5.21 Å². The Hall–Kier alpha value is -2.49. The Bertz CT molecular complexity index is 569. The van der Waals surface area contributed by atoms with Gasteiger partial charge in [-0.25, -0.2) is 0 Å². The van der Waals surface area contributed by atoms with E-state index in [1.807, 2.05) is 0 Å². The van der Waals surface area contributed by atoms with E-state index in [1.165, 1.54) is 0 Å². The Morgan fingerprint density at radius 2 is 2.35 bits per heavy atom. The molecule has 2 rings (SSSR count). The number of rotatable bonds is 4. The zero-order valence-corrected chi connectivity index (χ0v) is 8.38. The molecule has 0 aliphatic carbocycles. The smallest absolute Gasteiger partial charge is 0.320 e. The number of tetrazole rings is 1. The number of aromatic amines is 2. The van der Waals surface area contributed by atoms with Crippen molar-refractivity contribution < 1.29 is 14.4 Å². The van der Waals surface area contributed by atoms with Crippen LogP contribution in [0.4, 0.5) is 0 Å². The number of aromatic nitrogens is 5. The van der Waals surface area contributed by atoms with Crippen LogP contribution in [0.3, 0.4) is 0 Å². The summed E-state index contributed by atoms with van der Waals surface area (Å²) in [6.07, 6.45) is -0.189. The Labute approximate surface area is 92.8 Å². The molecule has 0 saturated heterocycles. The Morgan fingerprint density at radius 3 is 2.94 bits per heavy atom. The molecular weight excluding hydrogens is 232 g/mol. The number of carboxylic acid groups (broad SMARTS) is 1. The van der Waals surface area contributed by atoms with Crippen LogP contribution in [0.1, 0.15) is 5.56 Å². The largest absolute Gasteiger partial charge is 0.480 e. The van der Waals surface area contributed by atoms with E-state index in [-0.39, 0.29) is 23.6 Å². The third-order valence-corrected chi connectivity index (χ3v) is 2.08. The molecule has 10 heteroatoms. The van der Waals surface area contributed by atoms with Crippen LogP contribution in [-0.4, -0.2) is 42.9 Å². The lowest BCUT2D eigenvalue weighted by molar-refractivity contribution is -0.138. The Morgan fingerprint density at radius 1 is 1.59 bits per heavy atom. The van der Waals surface area contributed by atoms with Gasteiger partial charge in [0.2, 0.25) is 11.6 Å². The predicted molar refractivity (Wildman–Crippen MR) is 51.8 cm³/mol. The summed E-state index contributed by atoms with van der Waals surface area (Å²) in [6, 6.07) is -1.21. The van der Waals surface area contributed by atoms with Gasteiger partial charge >= 0.3 is 5.97 Å². The average Bonchev–Trinajstić information content (AvgIpc) is 2.89. The van der Waals surface area contributed by atoms with E-state index in [0.717, 1.165) is 0 Å². The highest BCUT2D eigenvalue weighted by molar-refractivity contribution is 5.74. The third kappa shape index (κ3) is 2.06. The molecule has 0 aliphatic heterocycles. The van der Waals surface area contributed by atoms with E-state index in [9.17, 15) is 9.59 Å². The van der Waals surface area contributed by atoms with Crippen molar-refractivity contribution in [3.8, 4) is 11.6 Å². The van der Waals surface area contributed by atoms with Gasteiger partial charge in [-0.1, -0.05) is 0 Å². The van der Waals surface area contributed by atoms with Gasteiger partial charge in [0.15, 0.2) is 0 Å². The van der Waals surface area contributed by atoms with E-state index in [2.05, 4.69) is 25.8 Å². The molecule has 0 saturated carbocycles. The van der Waals surface area contributed by atoms with Gasteiger partial charge in [-0.15, -0.1) is 10.2 Å². The van der Waals surface area contributed by atoms with Crippen LogP contribution in [0, 0.1) is 0 Å². The molecule has 10 nitrogen and oxygen atoms in total. The van der Waals surface area contributed by atoms with Crippen molar-refractivity contribution in [3.63, 3.8) is 0 Å². The Kier molecular flexibility index (Phi) is 2.70. The second kappa shape index (κ2) is 4.17. The second-order valence-electron chi connectivity index (χ2n) is 3.23. The van der Waals surface area contributed by atoms with Gasteiger partial charge in [0.05, 0.1) is 5.56 Å². The first-order valence-corrected chi connectivity index (χ1v) is 4.52. The number of hydrogen-bond acceptors (Lipinski definition) is 7. The lowest BCUT2D eigenvalue weighted by Gasteiger charge is -2.02. The number of carbonyl (C=O) groups is 1. The second-order valence-corrected chi connectivity index (χ2v) is 3.23. The SMILES string of the molecule is N[C@H](Cc1c(-c2nn[nH]n2)o[nH]c1=O)C(=O)O. The summed E-state index contributed by atoms with van der Waals surface area (Å²) in [7, 11) is 0. The average molecular weight is 240 g/mol. The summed E-state index contributed by atoms with van der Waals surface area (Å²) in [5.74, 6) is -1.14. The van der Waals surface area contributed by atoms with E-state index < -0.39 is 17.6 Å². The monoisotopic (exact) mass is 240 g/mol. The quantitative estimate of drug-likeness (QED) is 0.481. The van der Waals surface area contributed by atoms with Gasteiger partial charge in [0.1, 0.15) is 6.04 Å². The summed E-state index contributed by atoms with van der Waals surface area (Å²) in [5, 5.41) is 23.5. The first-order valence-electron chi connectivity index (χ1n) is 4.52. The summed E-state index contributed by atoms with van der Waals surface area (Å²) >= 11 is 0. The molecule has 90 valence electrons. The fraction of sp³-hybridized carbons (Fsp3) is 0.286. The lowest BCUT2D eigenvalue weighted by Crippen LogP contribution is -2.33. The van der Waals surface area contributed by atoms with Crippen molar-refractivity contribution in [1.82, 2.24) is 25.8 Å². The molecule has 2 aromatic rings. The molecule has 0 radical (unpaired) electrons. The van der Waals surface area contributed by atoms with Crippen molar-refractivity contribution in [2.24, 2.45) is 5.73 Å². The number of aliphatic carboxylic acids is 1. The van der Waals surface area contributed by atoms with Gasteiger partial charge in [0.25, 0.3) is 5.56 Å². The van der Waals surface area contributed by atoms with Crippen LogP contribution in [0.2, 0.25) is 0 Å². The highest BCUT2D eigenvalue weighted by Crippen LogP contribution is 2.16. The minimum Gasteiger partial charge on any atom is -0.480 e. The van der Waals surface area contributed by atoms with Crippen molar-refractivity contribution in [3.05, 3.63) is 15.9 Å². The van der Waals surface area contributed by atoms with E-state index in [1.54, 1.807) is 0 Å². The molecule has 0 unspecified atom stereocenters. The van der Waals surface area contributed by atoms with Crippen molar-refractivity contribution in [2.75, 3.05) is 0 Å². The number of nitrogens with two attached hydrogens (primary N) is 1. The number of nitrogens with one attached hydrogen (secondary N) is 2. The summed E-state index contributed by atoms with van der Waals surface area (Å²) in [6.45, 7) is 0. The number of nitrogens with zero attached hydrogens (tertiary/aromatic N) is 3. The van der Waals surface area contributed by atoms with Crippen LogP contribution >= 0.6 is 0 Å². The maximum atomic E-state index is 11.4. The van der Waals surface area contributed by atoms with Crippen molar-refractivity contribution in [2.45, 2.75) is 12.5 Å². The standard InChI is InChI=1S/C7H8N6O4/c8-3(7(15)16)1-2-4(17-11-6(2)14)5-9-12-13-10-5/h3H,1,8H2,(H,11,14)(H,15,16)(H,9,10,12,13)/t3-/m1/s1. The minimum absolute atomic E-state index is 0.0282. The zero-order chi connectivity index (χ0) is 12.4. The summed E-state index contributed by atoms with van der Waals surface area (Å²) in [4.78, 5) is 22.0. The summed E-state index contributed by atoms with van der Waals surface area (Å²) < 4.78 is 4.85. The number of hydrogen-bond donors (Lipinski definition) is 4. The van der Waals surface area contributed by atoms with Crippen LogP contribution in [-0.2, 0) is 11.2 Å². The molecule has 0 aliphatic rings. The van der Waals surface area contributed by atoms with E-state index in [4.69, 9.17) is 15.4 Å². The zero-order valence-electron chi connectivity index (χ0n) is 8.38. The molecule has 0 spiro atoms. The lowest BCUT2D eigenvalue weighted by atomic mass is 10.1. The first kappa shape index (κ1) is 11.0. The first-order chi connectivity index (χ1) is 8.09. The highest BCUT2D eigenvalue weighted by Gasteiger charge is 2.23. The third-order valence-electron chi connectivity index (χ3n) is 2.08. The highest BCUT2D eigenvalue weighted by atomic mass is 16.5. The molecular formula is C7H8N6O4. The topological polar surface area (TPSA) is 164 Å². The van der Waals surface area contributed by atoms with Crippen molar-refractivity contribution >= 4 is 5.97 Å².